The van der Waals surface area contributed by atoms with Crippen LogP contribution in [-0.2, 0) is 28.8 Å². The zero-order valence-corrected chi connectivity index (χ0v) is 69.4. The van der Waals surface area contributed by atoms with Gasteiger partial charge in [-0.2, -0.15) is 20.4 Å². The summed E-state index contributed by atoms with van der Waals surface area (Å²) in [5, 5.41) is 198. The van der Waals surface area contributed by atoms with E-state index in [1.165, 1.54) is 132 Å². The second-order valence-electron chi connectivity index (χ2n) is 15.3. The van der Waals surface area contributed by atoms with Crippen molar-refractivity contribution >= 4 is 58.9 Å². The van der Waals surface area contributed by atoms with Crippen LogP contribution in [0.2, 0.25) is 0 Å². The summed E-state index contributed by atoms with van der Waals surface area (Å²) in [5.74, 6) is -6.09. The quantitative estimate of drug-likeness (QED) is 0.0216. The van der Waals surface area contributed by atoms with Crippen molar-refractivity contribution in [3.05, 3.63) is 179 Å². The molecule has 4 rings (SSSR count). The van der Waals surface area contributed by atoms with Crippen molar-refractivity contribution in [2.45, 2.75) is 83.1 Å². The van der Waals surface area contributed by atoms with Gasteiger partial charge in [-0.25, -0.2) is 0 Å². The van der Waals surface area contributed by atoms with Crippen molar-refractivity contribution in [3.63, 3.8) is 0 Å². The van der Waals surface area contributed by atoms with Gasteiger partial charge in [-0.05, 0) is 113 Å². The number of benzene rings is 2. The number of pyridine rings is 2. The number of hydrogen-bond donors (Lipinski definition) is 8. The molecule has 2 aromatic carbocycles. The number of ketones is 6. The molecule has 0 amide bonds. The van der Waals surface area contributed by atoms with E-state index < -0.39 is 34.8 Å². The van der Waals surface area contributed by atoms with Crippen LogP contribution in [0.3, 0.4) is 0 Å². The first-order chi connectivity index (χ1) is 45.1. The molecule has 0 atom stereocenters. The molecule has 556 valence electrons. The van der Waals surface area contributed by atoms with Gasteiger partial charge in [0.15, 0.2) is 34.7 Å². The van der Waals surface area contributed by atoms with Crippen LogP contribution in [0.25, 0.3) is 0 Å². The van der Waals surface area contributed by atoms with Crippen molar-refractivity contribution in [3.8, 4) is 23.0 Å². The fourth-order valence-corrected chi connectivity index (χ4v) is 4.35. The van der Waals surface area contributed by atoms with Crippen LogP contribution in [0.1, 0.15) is 106 Å². The smallest absolute Gasteiger partial charge is 0.876 e. The molecule has 0 aliphatic rings. The van der Waals surface area contributed by atoms with Crippen LogP contribution in [0.5, 0.6) is 23.0 Å². The number of carbonyl (C=O) groups is 6. The summed E-state index contributed by atoms with van der Waals surface area (Å²) in [6.45, 7) is 16.2. The van der Waals surface area contributed by atoms with Crippen molar-refractivity contribution < 1.29 is 292 Å². The minimum absolute atomic E-state index is 0. The zero-order chi connectivity index (χ0) is 78.5. The zero-order valence-electron chi connectivity index (χ0n) is 58.9. The Kier molecular flexibility index (Phi) is 137. The average molecular weight is 1960 g/mol. The largest absolute Gasteiger partial charge is 3.00 e. The summed E-state index contributed by atoms with van der Waals surface area (Å²) in [6, 6.07) is 17.7. The molecule has 8 N–H and O–H groups in total. The van der Waals surface area contributed by atoms with Crippen LogP contribution < -0.4 is 61.3 Å². The SMILES string of the molecule is CC(=O)/C=C(/C)[O-].CC(=O)/C=C(/C)[O-].CC(=O)/C=C(/C)[O-].CC(=O)/C=C(/C)[O-].CC(=O)/C=C(/C)[O-].CC(=O)/C=C(/C)[O-].CO.CO.CO.CO.CO.CO.CO.CO.[O-]/C(=N\N=C\c1cccc([O-])c1[O-])c1ccccn1.[O-]/C(=N\N=C\c1cccc([O-])c1[O-])c1ccccn1.[Sm+3].[Sm+3].[Sm+3].[Sm+3]. The van der Waals surface area contributed by atoms with Gasteiger partial charge in [0.2, 0.25) is 0 Å². The van der Waals surface area contributed by atoms with Gasteiger partial charge >= 0.3 is 162 Å². The van der Waals surface area contributed by atoms with E-state index in [1.54, 1.807) is 24.3 Å². The molecule has 100 heavy (non-hydrogen) atoms. The van der Waals surface area contributed by atoms with E-state index in [0.717, 1.165) is 118 Å². The summed E-state index contributed by atoms with van der Waals surface area (Å²) >= 11 is 0. The normalized spacial score (nSPS) is 9.80. The minimum Gasteiger partial charge on any atom is -0.876 e. The maximum atomic E-state index is 11.5. The molecule has 0 aliphatic heterocycles. The van der Waals surface area contributed by atoms with E-state index in [4.69, 9.17) is 40.9 Å². The van der Waals surface area contributed by atoms with Gasteiger partial charge in [-0.3, -0.25) is 38.7 Å². The molecule has 0 saturated heterocycles. The number of nitrogens with zero attached hydrogens (tertiary/aromatic N) is 6. The van der Waals surface area contributed by atoms with Gasteiger partial charge in [-0.15, -0.1) is 57.6 Å². The number of rotatable bonds is 12. The molecule has 0 unspecified atom stereocenters. The number of aliphatic hydroxyl groups excluding tert-OH is 8. The summed E-state index contributed by atoms with van der Waals surface area (Å²) in [4.78, 5) is 67.5. The fraction of sp³-hybridized carbons (Fsp3) is 0.312. The summed E-state index contributed by atoms with van der Waals surface area (Å²) < 4.78 is 0. The molecule has 0 bridgehead atoms. The monoisotopic (exact) mass is 1970 g/mol. The van der Waals surface area contributed by atoms with Gasteiger partial charge in [0.1, 0.15) is 0 Å². The number of carbonyl (C=O) groups excluding carboxylic acids is 6. The number of aromatic nitrogens is 2. The third-order valence-electron chi connectivity index (χ3n) is 6.92. The third kappa shape index (κ3) is 114. The topological polar surface area (TPSA) is 616 Å². The molecular formula is C64H90N6O26Sm4. The van der Waals surface area contributed by atoms with E-state index in [2.05, 4.69) is 30.4 Å². The second-order valence-corrected chi connectivity index (χ2v) is 15.3. The first-order valence-electron chi connectivity index (χ1n) is 26.2. The Morgan fingerprint density at radius 3 is 0.640 bits per heavy atom. The van der Waals surface area contributed by atoms with Crippen LogP contribution >= 0.6 is 0 Å². The Bertz CT molecular complexity index is 2610. The molecule has 36 heteroatoms. The maximum absolute atomic E-state index is 11.5. The molecule has 0 aliphatic carbocycles. The van der Waals surface area contributed by atoms with Crippen LogP contribution in [0.15, 0.2) is 177 Å². The Morgan fingerprint density at radius 2 is 0.500 bits per heavy atom. The summed E-state index contributed by atoms with van der Waals surface area (Å²) in [5.41, 5.74) is 0.481. The molecule has 0 spiro atoms. The fourth-order valence-electron chi connectivity index (χ4n) is 4.35. The Labute approximate surface area is 714 Å². The van der Waals surface area contributed by atoms with Crippen molar-refractivity contribution in [1.29, 1.82) is 0 Å². The number of allylic oxidation sites excluding steroid dienone is 12. The summed E-state index contributed by atoms with van der Waals surface area (Å²) in [7, 11) is 8.00. The number of para-hydroxylation sites is 2. The van der Waals surface area contributed by atoms with Crippen LogP contribution in [0.4, 0.5) is 0 Å². The number of hydrogen-bond acceptors (Lipinski definition) is 32. The van der Waals surface area contributed by atoms with Crippen LogP contribution in [-0.4, -0.2) is 167 Å². The van der Waals surface area contributed by atoms with Gasteiger partial charge in [0.25, 0.3) is 0 Å². The molecule has 2 aromatic heterocycles. The molecule has 4 aromatic rings. The third-order valence-corrected chi connectivity index (χ3v) is 6.92. The average Bonchev–Trinajstić information content (AvgIpc) is 0.894. The van der Waals surface area contributed by atoms with E-state index in [-0.39, 0.29) is 253 Å². The van der Waals surface area contributed by atoms with E-state index >= 15 is 0 Å². The molecule has 4 radical (unpaired) electrons. The summed E-state index contributed by atoms with van der Waals surface area (Å²) in [6.07, 6.45) is 11.4. The van der Waals surface area contributed by atoms with E-state index in [0.29, 0.717) is 0 Å². The van der Waals surface area contributed by atoms with Gasteiger partial charge in [0, 0.05) is 81.1 Å². The molecular weight excluding hydrogens is 1870 g/mol. The van der Waals surface area contributed by atoms with Crippen molar-refractivity contribution in [2.75, 3.05) is 56.9 Å². The maximum Gasteiger partial charge on any atom is 3.00 e. The van der Waals surface area contributed by atoms with Crippen molar-refractivity contribution in [2.24, 2.45) is 20.4 Å². The van der Waals surface area contributed by atoms with Gasteiger partial charge in [-0.1, -0.05) is 90.1 Å². The molecule has 32 nitrogen and oxygen atoms in total. The number of aliphatic hydroxyl groups is 8. The predicted molar refractivity (Wildman–Crippen MR) is 339 cm³/mol. The second kappa shape index (κ2) is 102. The van der Waals surface area contributed by atoms with E-state index in [9.17, 15) is 90.0 Å². The minimum atomic E-state index is -0.674. The Balaban J connectivity index is -0.0000000578. The van der Waals surface area contributed by atoms with Gasteiger partial charge < -0.3 is 102 Å². The first-order valence-corrected chi connectivity index (χ1v) is 26.2. The van der Waals surface area contributed by atoms with Crippen LogP contribution in [0, 0.1) is 162 Å². The van der Waals surface area contributed by atoms with Crippen molar-refractivity contribution in [1.82, 2.24) is 9.97 Å². The molecule has 2 heterocycles. The Morgan fingerprint density at radius 1 is 0.310 bits per heavy atom. The molecule has 0 fully saturated rings. The Hall–Kier alpha value is -5.49. The molecule has 0 saturated carbocycles. The van der Waals surface area contributed by atoms with E-state index in [1.807, 2.05) is 0 Å². The predicted octanol–water partition coefficient (Wildman–Crippen LogP) is -5.36. The first kappa shape index (κ1) is 134. The van der Waals surface area contributed by atoms with Gasteiger partial charge in [0.05, 0.1) is 23.8 Å². The standard InChI is InChI=1S/2C13H11N3O3.6C5H8O2.8CH4O.4Sm/c2*17-11-6-3-4-9(12(11)18)8-15-16-13(19)10-5-1-2-7-14-10;6*1-4(6)3-5(2)7;8*1-2;;;;/h2*1-8,17-18H,(H,16,19);6*3,6H,1-2H3;8*2H,1H3;;;;/q;;;;;;;;;;;;;;;;4*+3/p-12/b2*15-8+;6*4-3-;;;;;;;;;;;;.